The average Bonchev–Trinajstić information content (AvgIpc) is 2.24. The number of hydrogen-bond acceptors (Lipinski definition) is 2. The van der Waals surface area contributed by atoms with Gasteiger partial charge in [0.05, 0.1) is 12.7 Å². The Bertz CT molecular complexity index is 337. The van der Waals surface area contributed by atoms with E-state index in [0.717, 1.165) is 24.0 Å². The van der Waals surface area contributed by atoms with Gasteiger partial charge in [-0.25, -0.2) is 0 Å². The molecule has 1 aromatic carbocycles. The second kappa shape index (κ2) is 4.86. The van der Waals surface area contributed by atoms with Gasteiger partial charge in [-0.15, -0.1) is 0 Å². The first-order valence-electron chi connectivity index (χ1n) is 5.66. The normalized spacial score (nSPS) is 24.3. The number of rotatable bonds is 2. The van der Waals surface area contributed by atoms with Gasteiger partial charge in [0.1, 0.15) is 0 Å². The zero-order valence-electron chi connectivity index (χ0n) is 9.79. The maximum atomic E-state index is 5.85. The van der Waals surface area contributed by atoms with Crippen molar-refractivity contribution in [2.75, 3.05) is 13.2 Å². The van der Waals surface area contributed by atoms with Gasteiger partial charge < -0.3 is 10.1 Å². The third kappa shape index (κ3) is 3.30. The molecule has 0 aliphatic carbocycles. The number of hydrogen-bond donors (Lipinski definition) is 1. The quantitative estimate of drug-likeness (QED) is 0.901. The Morgan fingerprint density at radius 1 is 1.38 bits per heavy atom. The summed E-state index contributed by atoms with van der Waals surface area (Å²) < 4.78 is 6.98. The first kappa shape index (κ1) is 12.1. The van der Waals surface area contributed by atoms with Gasteiger partial charge >= 0.3 is 0 Å². The predicted octanol–water partition coefficient (Wildman–Crippen LogP) is 2.76. The molecule has 1 aliphatic heterocycles. The lowest BCUT2D eigenvalue weighted by atomic mass is 10.0. The van der Waals surface area contributed by atoms with Gasteiger partial charge in [-0.1, -0.05) is 28.1 Å². The molecule has 0 amide bonds. The average molecular weight is 284 g/mol. The number of ether oxygens (including phenoxy) is 1. The maximum absolute atomic E-state index is 5.85. The lowest BCUT2D eigenvalue weighted by Crippen LogP contribution is -2.53. The van der Waals surface area contributed by atoms with E-state index in [0.29, 0.717) is 6.10 Å². The molecule has 1 unspecified atom stereocenters. The van der Waals surface area contributed by atoms with E-state index in [1.165, 1.54) is 5.56 Å². The molecule has 2 rings (SSSR count). The summed E-state index contributed by atoms with van der Waals surface area (Å²) in [6, 6.07) is 8.45. The topological polar surface area (TPSA) is 21.3 Å². The molecule has 1 N–H and O–H groups in total. The predicted molar refractivity (Wildman–Crippen MR) is 69.7 cm³/mol. The van der Waals surface area contributed by atoms with Gasteiger partial charge in [0.15, 0.2) is 0 Å². The Hall–Kier alpha value is -0.380. The molecule has 1 heterocycles. The number of nitrogens with one attached hydrogen (secondary N) is 1. The summed E-state index contributed by atoms with van der Waals surface area (Å²) in [7, 11) is 0. The number of morpholine rings is 1. The van der Waals surface area contributed by atoms with Crippen LogP contribution in [0, 0.1) is 0 Å². The summed E-state index contributed by atoms with van der Waals surface area (Å²) in [5.74, 6) is 0. The van der Waals surface area contributed by atoms with Crippen LogP contribution in [-0.4, -0.2) is 24.8 Å². The molecule has 1 aromatic rings. The lowest BCUT2D eigenvalue weighted by Gasteiger charge is -2.36. The van der Waals surface area contributed by atoms with Crippen LogP contribution in [0.15, 0.2) is 28.7 Å². The highest BCUT2D eigenvalue weighted by molar-refractivity contribution is 9.10. The Morgan fingerprint density at radius 3 is 2.62 bits per heavy atom. The van der Waals surface area contributed by atoms with Crippen LogP contribution in [0.3, 0.4) is 0 Å². The van der Waals surface area contributed by atoms with Crippen LogP contribution < -0.4 is 5.32 Å². The van der Waals surface area contributed by atoms with E-state index in [1.54, 1.807) is 0 Å². The molecule has 0 aromatic heterocycles. The fourth-order valence-electron chi connectivity index (χ4n) is 1.84. The molecule has 0 spiro atoms. The van der Waals surface area contributed by atoms with Gasteiger partial charge in [-0.05, 0) is 38.0 Å². The second-order valence-electron chi connectivity index (χ2n) is 5.03. The maximum Gasteiger partial charge on any atom is 0.0740 e. The molecule has 16 heavy (non-hydrogen) atoms. The zero-order chi connectivity index (χ0) is 11.6. The van der Waals surface area contributed by atoms with E-state index in [4.69, 9.17) is 4.74 Å². The Kier molecular flexibility index (Phi) is 3.67. The van der Waals surface area contributed by atoms with Crippen molar-refractivity contribution >= 4 is 15.9 Å². The minimum Gasteiger partial charge on any atom is -0.375 e. The van der Waals surface area contributed by atoms with Crippen molar-refractivity contribution in [1.29, 1.82) is 0 Å². The van der Waals surface area contributed by atoms with Crippen molar-refractivity contribution in [2.45, 2.75) is 31.9 Å². The van der Waals surface area contributed by atoms with Crippen molar-refractivity contribution in [3.05, 3.63) is 34.3 Å². The zero-order valence-corrected chi connectivity index (χ0v) is 11.4. The molecular weight excluding hydrogens is 266 g/mol. The molecule has 0 radical (unpaired) electrons. The Labute approximate surface area is 106 Å². The van der Waals surface area contributed by atoms with E-state index < -0.39 is 0 Å². The van der Waals surface area contributed by atoms with Crippen molar-refractivity contribution in [1.82, 2.24) is 5.32 Å². The highest BCUT2D eigenvalue weighted by Crippen LogP contribution is 2.16. The first-order valence-corrected chi connectivity index (χ1v) is 6.45. The van der Waals surface area contributed by atoms with Crippen LogP contribution in [0.25, 0.3) is 0 Å². The van der Waals surface area contributed by atoms with E-state index in [2.05, 4.69) is 59.4 Å². The molecule has 3 heteroatoms. The monoisotopic (exact) mass is 283 g/mol. The van der Waals surface area contributed by atoms with Crippen LogP contribution in [0.4, 0.5) is 0 Å². The van der Waals surface area contributed by atoms with E-state index in [-0.39, 0.29) is 5.54 Å². The van der Waals surface area contributed by atoms with Crippen molar-refractivity contribution in [2.24, 2.45) is 0 Å². The van der Waals surface area contributed by atoms with Gasteiger partial charge in [-0.3, -0.25) is 0 Å². The van der Waals surface area contributed by atoms with E-state index in [9.17, 15) is 0 Å². The van der Waals surface area contributed by atoms with Gasteiger partial charge in [0.2, 0.25) is 0 Å². The molecule has 1 saturated heterocycles. The molecule has 1 aliphatic rings. The van der Waals surface area contributed by atoms with Crippen LogP contribution in [0.1, 0.15) is 19.4 Å². The fraction of sp³-hybridized carbons (Fsp3) is 0.538. The standard InChI is InChI=1S/C13H18BrNO/c1-13(2)9-16-12(8-15-13)7-10-3-5-11(14)6-4-10/h3-6,12,15H,7-9H2,1-2H3. The van der Waals surface area contributed by atoms with Crippen molar-refractivity contribution in [3.8, 4) is 0 Å². The van der Waals surface area contributed by atoms with Gasteiger partial charge in [-0.2, -0.15) is 0 Å². The van der Waals surface area contributed by atoms with Crippen molar-refractivity contribution in [3.63, 3.8) is 0 Å². The third-order valence-electron chi connectivity index (χ3n) is 2.86. The van der Waals surface area contributed by atoms with Crippen LogP contribution in [0.5, 0.6) is 0 Å². The Balaban J connectivity index is 1.89. The van der Waals surface area contributed by atoms with E-state index >= 15 is 0 Å². The highest BCUT2D eigenvalue weighted by atomic mass is 79.9. The smallest absolute Gasteiger partial charge is 0.0740 e. The number of benzene rings is 1. The molecule has 0 saturated carbocycles. The lowest BCUT2D eigenvalue weighted by molar-refractivity contribution is -0.0206. The first-order chi connectivity index (χ1) is 7.55. The number of halogens is 1. The SMILES string of the molecule is CC1(C)COC(Cc2ccc(Br)cc2)CN1. The second-order valence-corrected chi connectivity index (χ2v) is 5.94. The summed E-state index contributed by atoms with van der Waals surface area (Å²) in [5, 5.41) is 3.51. The largest absolute Gasteiger partial charge is 0.375 e. The van der Waals surface area contributed by atoms with Gasteiger partial charge in [0.25, 0.3) is 0 Å². The summed E-state index contributed by atoms with van der Waals surface area (Å²) in [5.41, 5.74) is 1.45. The summed E-state index contributed by atoms with van der Waals surface area (Å²) >= 11 is 3.44. The van der Waals surface area contributed by atoms with Crippen LogP contribution in [-0.2, 0) is 11.2 Å². The summed E-state index contributed by atoms with van der Waals surface area (Å²) in [6.07, 6.45) is 1.28. The van der Waals surface area contributed by atoms with Crippen LogP contribution >= 0.6 is 15.9 Å². The van der Waals surface area contributed by atoms with E-state index in [1.807, 2.05) is 0 Å². The Morgan fingerprint density at radius 2 is 2.06 bits per heavy atom. The summed E-state index contributed by atoms with van der Waals surface area (Å²) in [6.45, 7) is 6.06. The molecule has 0 bridgehead atoms. The minimum atomic E-state index is 0.121. The third-order valence-corrected chi connectivity index (χ3v) is 3.39. The van der Waals surface area contributed by atoms with Crippen molar-refractivity contribution < 1.29 is 4.74 Å². The highest BCUT2D eigenvalue weighted by Gasteiger charge is 2.26. The molecule has 2 nitrogen and oxygen atoms in total. The summed E-state index contributed by atoms with van der Waals surface area (Å²) in [4.78, 5) is 0. The van der Waals surface area contributed by atoms with Gasteiger partial charge in [0, 0.05) is 16.6 Å². The molecule has 1 fully saturated rings. The molecular formula is C13H18BrNO. The minimum absolute atomic E-state index is 0.121. The van der Waals surface area contributed by atoms with Crippen LogP contribution in [0.2, 0.25) is 0 Å². The molecule has 1 atom stereocenters. The fourth-order valence-corrected chi connectivity index (χ4v) is 2.11. The molecule has 88 valence electrons.